The highest BCUT2D eigenvalue weighted by atomic mass is 35.5. The first kappa shape index (κ1) is 17.3. The van der Waals surface area contributed by atoms with Gasteiger partial charge in [-0.25, -0.2) is 0 Å². The molecule has 0 amide bonds. The summed E-state index contributed by atoms with van der Waals surface area (Å²) < 4.78 is 5.95. The monoisotopic (exact) mass is 298 g/mol. The van der Waals surface area contributed by atoms with E-state index in [1.165, 1.54) is 24.9 Å². The molecule has 0 unspecified atom stereocenters. The van der Waals surface area contributed by atoms with E-state index in [-0.39, 0.29) is 5.41 Å². The highest BCUT2D eigenvalue weighted by Gasteiger charge is 2.19. The molecule has 0 bridgehead atoms. The summed E-state index contributed by atoms with van der Waals surface area (Å²) in [4.78, 5) is 0. The van der Waals surface area contributed by atoms with Crippen LogP contribution in [0.3, 0.4) is 0 Å². The Labute approximate surface area is 128 Å². The normalized spacial score (nSPS) is 11.7. The molecule has 0 saturated carbocycles. The van der Waals surface area contributed by atoms with Crippen molar-refractivity contribution >= 4 is 11.6 Å². The first-order chi connectivity index (χ1) is 9.45. The van der Waals surface area contributed by atoms with Crippen LogP contribution in [0.2, 0.25) is 5.02 Å². The van der Waals surface area contributed by atoms with Crippen LogP contribution in [-0.2, 0) is 5.41 Å². The zero-order chi connectivity index (χ0) is 15.0. The maximum Gasteiger partial charge on any atom is 0.123 e. The molecule has 0 saturated heterocycles. The van der Waals surface area contributed by atoms with Crippen LogP contribution in [0.4, 0.5) is 0 Å². The molecule has 0 aliphatic carbocycles. The predicted octanol–water partition coefficient (Wildman–Crippen LogP) is 3.77. The van der Waals surface area contributed by atoms with E-state index < -0.39 is 0 Å². The minimum absolute atomic E-state index is 0.0491. The average Bonchev–Trinajstić information content (AvgIpc) is 2.38. The van der Waals surface area contributed by atoms with Gasteiger partial charge in [-0.15, -0.1) is 0 Å². The van der Waals surface area contributed by atoms with Crippen LogP contribution in [0.1, 0.15) is 52.5 Å². The third-order valence-corrected chi connectivity index (χ3v) is 3.56. The van der Waals surface area contributed by atoms with Gasteiger partial charge in [0.25, 0.3) is 0 Å². The number of hydrogen-bond donors (Lipinski definition) is 1. The fourth-order valence-electron chi connectivity index (χ4n) is 2.12. The van der Waals surface area contributed by atoms with Gasteiger partial charge in [-0.1, -0.05) is 45.7 Å². The molecule has 1 aromatic carbocycles. The van der Waals surface area contributed by atoms with Gasteiger partial charge in [-0.05, 0) is 30.0 Å². The van der Waals surface area contributed by atoms with Crippen molar-refractivity contribution in [1.29, 1.82) is 0 Å². The van der Waals surface area contributed by atoms with E-state index in [0.29, 0.717) is 0 Å². The summed E-state index contributed by atoms with van der Waals surface area (Å²) in [6, 6.07) is 5.91. The number of ether oxygens (including phenoxy) is 1. The number of benzene rings is 1. The van der Waals surface area contributed by atoms with E-state index in [4.69, 9.17) is 16.3 Å². The lowest BCUT2D eigenvalue weighted by molar-refractivity contribution is -0.655. The van der Waals surface area contributed by atoms with Crippen LogP contribution in [0.25, 0.3) is 0 Å². The SMILES string of the molecule is CCCC[NH2+]CCCOc1ccc(Cl)cc1C(C)(C)C. The second-order valence-corrected chi connectivity index (χ2v) is 6.75. The van der Waals surface area contributed by atoms with Gasteiger partial charge in [-0.2, -0.15) is 0 Å². The Kier molecular flexibility index (Phi) is 7.39. The van der Waals surface area contributed by atoms with E-state index in [9.17, 15) is 0 Å². The van der Waals surface area contributed by atoms with Crippen LogP contribution < -0.4 is 10.1 Å². The largest absolute Gasteiger partial charge is 0.493 e. The summed E-state index contributed by atoms with van der Waals surface area (Å²) >= 11 is 6.09. The Morgan fingerprint density at radius 1 is 1.15 bits per heavy atom. The van der Waals surface area contributed by atoms with Gasteiger partial charge >= 0.3 is 0 Å². The summed E-state index contributed by atoms with van der Waals surface area (Å²) in [6.07, 6.45) is 3.65. The molecule has 2 N–H and O–H groups in total. The maximum atomic E-state index is 6.09. The number of quaternary nitrogens is 1. The second kappa shape index (κ2) is 8.53. The van der Waals surface area contributed by atoms with Crippen molar-refractivity contribution in [2.24, 2.45) is 0 Å². The highest BCUT2D eigenvalue weighted by Crippen LogP contribution is 2.33. The molecule has 0 heterocycles. The quantitative estimate of drug-likeness (QED) is 0.726. The highest BCUT2D eigenvalue weighted by molar-refractivity contribution is 6.30. The molecule has 2 nitrogen and oxygen atoms in total. The molecule has 0 fully saturated rings. The summed E-state index contributed by atoms with van der Waals surface area (Å²) in [6.45, 7) is 11.9. The molecule has 0 aromatic heterocycles. The Balaban J connectivity index is 2.44. The van der Waals surface area contributed by atoms with Gasteiger partial charge in [0, 0.05) is 17.0 Å². The summed E-state index contributed by atoms with van der Waals surface area (Å²) in [5.74, 6) is 0.968. The topological polar surface area (TPSA) is 25.8 Å². The van der Waals surface area contributed by atoms with Gasteiger partial charge in [0.2, 0.25) is 0 Å². The van der Waals surface area contributed by atoms with E-state index >= 15 is 0 Å². The van der Waals surface area contributed by atoms with Crippen molar-refractivity contribution in [3.63, 3.8) is 0 Å². The summed E-state index contributed by atoms with van der Waals surface area (Å²) in [7, 11) is 0. The molecule has 0 aliphatic heterocycles. The van der Waals surface area contributed by atoms with Crippen molar-refractivity contribution in [2.75, 3.05) is 19.7 Å². The standard InChI is InChI=1S/C17H28ClNO/c1-5-6-10-19-11-7-12-20-16-9-8-14(18)13-15(16)17(2,3)4/h8-9,13,19H,5-7,10-12H2,1-4H3/p+1. The number of nitrogens with two attached hydrogens (primary N) is 1. The molecule has 114 valence electrons. The first-order valence-electron chi connectivity index (χ1n) is 7.69. The third kappa shape index (κ3) is 6.15. The van der Waals surface area contributed by atoms with E-state index in [0.717, 1.165) is 30.3 Å². The van der Waals surface area contributed by atoms with Gasteiger partial charge in [-0.3, -0.25) is 0 Å². The molecule has 0 spiro atoms. The van der Waals surface area contributed by atoms with E-state index in [2.05, 4.69) is 33.0 Å². The first-order valence-corrected chi connectivity index (χ1v) is 8.07. The molecular weight excluding hydrogens is 270 g/mol. The molecule has 20 heavy (non-hydrogen) atoms. The molecule has 3 heteroatoms. The Morgan fingerprint density at radius 3 is 2.50 bits per heavy atom. The number of hydrogen-bond acceptors (Lipinski definition) is 1. The van der Waals surface area contributed by atoms with Crippen molar-refractivity contribution < 1.29 is 10.1 Å². The average molecular weight is 299 g/mol. The van der Waals surface area contributed by atoms with Crippen molar-refractivity contribution in [1.82, 2.24) is 0 Å². The smallest absolute Gasteiger partial charge is 0.123 e. The third-order valence-electron chi connectivity index (χ3n) is 3.32. The lowest BCUT2D eigenvalue weighted by Crippen LogP contribution is -2.84. The molecule has 0 atom stereocenters. The molecule has 1 rings (SSSR count). The van der Waals surface area contributed by atoms with Gasteiger partial charge in [0.15, 0.2) is 0 Å². The maximum absolute atomic E-state index is 6.09. The van der Waals surface area contributed by atoms with E-state index in [1.54, 1.807) is 0 Å². The van der Waals surface area contributed by atoms with Gasteiger partial charge in [0.1, 0.15) is 5.75 Å². The lowest BCUT2D eigenvalue weighted by atomic mass is 9.86. The minimum atomic E-state index is 0.0491. The lowest BCUT2D eigenvalue weighted by Gasteiger charge is -2.23. The van der Waals surface area contributed by atoms with Crippen molar-refractivity contribution in [3.8, 4) is 5.75 Å². The number of unbranched alkanes of at least 4 members (excludes halogenated alkanes) is 1. The van der Waals surface area contributed by atoms with Gasteiger partial charge < -0.3 is 10.1 Å². The summed E-state index contributed by atoms with van der Waals surface area (Å²) in [5, 5.41) is 3.15. The Morgan fingerprint density at radius 2 is 1.85 bits per heavy atom. The Hall–Kier alpha value is -0.730. The molecule has 1 aromatic rings. The van der Waals surface area contributed by atoms with Crippen molar-refractivity contribution in [2.45, 2.75) is 52.4 Å². The van der Waals surface area contributed by atoms with Crippen LogP contribution >= 0.6 is 11.6 Å². The summed E-state index contributed by atoms with van der Waals surface area (Å²) in [5.41, 5.74) is 1.23. The molecule has 0 radical (unpaired) electrons. The minimum Gasteiger partial charge on any atom is -0.493 e. The van der Waals surface area contributed by atoms with Crippen LogP contribution in [0.15, 0.2) is 18.2 Å². The van der Waals surface area contributed by atoms with Crippen LogP contribution in [0, 0.1) is 0 Å². The predicted molar refractivity (Wildman–Crippen MR) is 86.8 cm³/mol. The van der Waals surface area contributed by atoms with Gasteiger partial charge in [0.05, 0.1) is 19.7 Å². The zero-order valence-corrected chi connectivity index (χ0v) is 14.1. The number of rotatable bonds is 8. The van der Waals surface area contributed by atoms with Crippen LogP contribution in [-0.4, -0.2) is 19.7 Å². The fourth-order valence-corrected chi connectivity index (χ4v) is 2.29. The van der Waals surface area contributed by atoms with Crippen LogP contribution in [0.5, 0.6) is 5.75 Å². The zero-order valence-electron chi connectivity index (χ0n) is 13.3. The fraction of sp³-hybridized carbons (Fsp3) is 0.647. The Bertz CT molecular complexity index is 398. The molecule has 0 aliphatic rings. The van der Waals surface area contributed by atoms with Crippen molar-refractivity contribution in [3.05, 3.63) is 28.8 Å². The number of halogens is 1. The molecular formula is C17H29ClNO+. The van der Waals surface area contributed by atoms with E-state index in [1.807, 2.05) is 18.2 Å². The second-order valence-electron chi connectivity index (χ2n) is 6.31.